The molecule has 1 unspecified atom stereocenters. The number of nitriles is 1. The summed E-state index contributed by atoms with van der Waals surface area (Å²) in [5.41, 5.74) is 0.956. The second kappa shape index (κ2) is 9.19. The fraction of sp³-hybridized carbons (Fsp3) is 0.312. The van der Waals surface area contributed by atoms with Gasteiger partial charge in [-0.15, -0.1) is 0 Å². The minimum Gasteiger partial charge on any atom is -0.388 e. The monoisotopic (exact) mass is 300 g/mol. The molecule has 0 aliphatic heterocycles. The Balaban J connectivity index is 2.50. The molecule has 6 heteroatoms. The minimum absolute atomic E-state index is 0.00870. The van der Waals surface area contributed by atoms with Crippen LogP contribution in [0.15, 0.2) is 42.1 Å². The number of hydrogen-bond donors (Lipinski definition) is 3. The fourth-order valence-electron chi connectivity index (χ4n) is 1.73. The molecule has 0 saturated heterocycles. The summed E-state index contributed by atoms with van der Waals surface area (Å²) in [5, 5.41) is 17.2. The summed E-state index contributed by atoms with van der Waals surface area (Å²) in [5.74, 6) is -0.563. The molecule has 0 spiro atoms. The number of benzene rings is 1. The molecule has 1 aromatic carbocycles. The lowest BCUT2D eigenvalue weighted by atomic mass is 10.1. The van der Waals surface area contributed by atoms with Gasteiger partial charge in [-0.3, -0.25) is 9.59 Å². The Morgan fingerprint density at radius 2 is 1.95 bits per heavy atom. The van der Waals surface area contributed by atoms with E-state index < -0.39 is 5.91 Å². The van der Waals surface area contributed by atoms with Gasteiger partial charge in [-0.2, -0.15) is 5.26 Å². The number of amides is 2. The molecule has 0 aliphatic rings. The summed E-state index contributed by atoms with van der Waals surface area (Å²) in [4.78, 5) is 22.7. The van der Waals surface area contributed by atoms with Crippen LogP contribution >= 0.6 is 0 Å². The number of nitrogens with zero attached hydrogens (tertiary/aromatic N) is 1. The number of rotatable bonds is 7. The van der Waals surface area contributed by atoms with Gasteiger partial charge in [0.05, 0.1) is 6.04 Å². The number of carbonyl (C=O) groups excluding carboxylic acids is 2. The maximum Gasteiger partial charge on any atom is 0.263 e. The summed E-state index contributed by atoms with van der Waals surface area (Å²) < 4.78 is 0. The molecule has 0 bridgehead atoms. The summed E-state index contributed by atoms with van der Waals surface area (Å²) >= 11 is 0. The van der Waals surface area contributed by atoms with E-state index in [0.717, 1.165) is 5.56 Å². The van der Waals surface area contributed by atoms with Crippen molar-refractivity contribution in [3.63, 3.8) is 0 Å². The maximum absolute atomic E-state index is 12.0. The molecule has 0 heterocycles. The first kappa shape index (κ1) is 17.2. The number of hydrogen-bond acceptors (Lipinski definition) is 4. The molecule has 1 rings (SSSR count). The second-order valence-electron chi connectivity index (χ2n) is 4.71. The van der Waals surface area contributed by atoms with Crippen molar-refractivity contribution in [2.45, 2.75) is 19.9 Å². The second-order valence-corrected chi connectivity index (χ2v) is 4.71. The van der Waals surface area contributed by atoms with Crippen molar-refractivity contribution >= 4 is 11.8 Å². The van der Waals surface area contributed by atoms with E-state index in [1.807, 2.05) is 43.3 Å². The lowest BCUT2D eigenvalue weighted by Crippen LogP contribution is -2.30. The average Bonchev–Trinajstić information content (AvgIpc) is 2.51. The Labute approximate surface area is 130 Å². The molecule has 0 aromatic heterocycles. The molecule has 1 atom stereocenters. The van der Waals surface area contributed by atoms with Crippen LogP contribution in [0.25, 0.3) is 0 Å². The van der Waals surface area contributed by atoms with Gasteiger partial charge >= 0.3 is 0 Å². The zero-order valence-electron chi connectivity index (χ0n) is 12.7. The SMILES string of the molecule is CC(=O)NCCN/C=C(/C#N)C(=O)NC(C)c1ccccc1. The van der Waals surface area contributed by atoms with Crippen molar-refractivity contribution in [2.24, 2.45) is 0 Å². The van der Waals surface area contributed by atoms with Gasteiger partial charge in [0.2, 0.25) is 5.91 Å². The van der Waals surface area contributed by atoms with E-state index in [1.165, 1.54) is 13.1 Å². The predicted octanol–water partition coefficient (Wildman–Crippen LogP) is 0.997. The molecule has 22 heavy (non-hydrogen) atoms. The topological polar surface area (TPSA) is 94.0 Å². The zero-order chi connectivity index (χ0) is 16.4. The Morgan fingerprint density at radius 1 is 1.27 bits per heavy atom. The summed E-state index contributed by atoms with van der Waals surface area (Å²) in [6.07, 6.45) is 1.36. The molecule has 116 valence electrons. The Kier molecular flexibility index (Phi) is 7.20. The molecule has 3 N–H and O–H groups in total. The van der Waals surface area contributed by atoms with Gasteiger partial charge in [0, 0.05) is 26.2 Å². The summed E-state index contributed by atoms with van der Waals surface area (Å²) in [7, 11) is 0. The van der Waals surface area contributed by atoms with Crippen LogP contribution in [0.2, 0.25) is 0 Å². The smallest absolute Gasteiger partial charge is 0.263 e. The maximum atomic E-state index is 12.0. The van der Waals surface area contributed by atoms with Gasteiger partial charge in [-0.05, 0) is 12.5 Å². The van der Waals surface area contributed by atoms with Crippen LogP contribution in [0.5, 0.6) is 0 Å². The van der Waals surface area contributed by atoms with E-state index in [-0.39, 0.29) is 17.5 Å². The Morgan fingerprint density at radius 3 is 2.55 bits per heavy atom. The fourth-order valence-corrected chi connectivity index (χ4v) is 1.73. The Bertz CT molecular complexity index is 576. The standard InChI is InChI=1S/C16H20N4O2/c1-12(14-6-4-3-5-7-14)20-16(22)15(10-17)11-18-8-9-19-13(2)21/h3-7,11-12,18H,8-9H2,1-2H3,(H,19,21)(H,20,22)/b15-11-. The van der Waals surface area contributed by atoms with Gasteiger partial charge in [-0.1, -0.05) is 30.3 Å². The van der Waals surface area contributed by atoms with Gasteiger partial charge in [-0.25, -0.2) is 0 Å². The van der Waals surface area contributed by atoms with Crippen molar-refractivity contribution in [1.29, 1.82) is 5.26 Å². The summed E-state index contributed by atoms with van der Waals surface area (Å²) in [6.45, 7) is 4.14. The van der Waals surface area contributed by atoms with E-state index in [4.69, 9.17) is 5.26 Å². The normalized spacial score (nSPS) is 12.0. The minimum atomic E-state index is -0.439. The highest BCUT2D eigenvalue weighted by molar-refractivity contribution is 5.97. The molecule has 0 radical (unpaired) electrons. The predicted molar refractivity (Wildman–Crippen MR) is 83.4 cm³/mol. The van der Waals surface area contributed by atoms with Gasteiger partial charge in [0.15, 0.2) is 0 Å². The quantitative estimate of drug-likeness (QED) is 0.398. The van der Waals surface area contributed by atoms with Crippen LogP contribution in [0.3, 0.4) is 0 Å². The lowest BCUT2D eigenvalue weighted by Gasteiger charge is -2.13. The molecule has 0 aliphatic carbocycles. The van der Waals surface area contributed by atoms with Crippen LogP contribution < -0.4 is 16.0 Å². The van der Waals surface area contributed by atoms with E-state index in [0.29, 0.717) is 13.1 Å². The summed E-state index contributed by atoms with van der Waals surface area (Å²) in [6, 6.07) is 11.2. The van der Waals surface area contributed by atoms with Crippen molar-refractivity contribution in [1.82, 2.24) is 16.0 Å². The van der Waals surface area contributed by atoms with Crippen LogP contribution in [0, 0.1) is 11.3 Å². The molecular formula is C16H20N4O2. The first-order chi connectivity index (χ1) is 10.5. The molecule has 1 aromatic rings. The van der Waals surface area contributed by atoms with Crippen LogP contribution in [0.4, 0.5) is 0 Å². The molecule has 2 amide bonds. The third-order valence-electron chi connectivity index (χ3n) is 2.90. The average molecular weight is 300 g/mol. The van der Waals surface area contributed by atoms with E-state index in [2.05, 4.69) is 16.0 Å². The van der Waals surface area contributed by atoms with Gasteiger partial charge in [0.1, 0.15) is 11.6 Å². The first-order valence-corrected chi connectivity index (χ1v) is 6.98. The first-order valence-electron chi connectivity index (χ1n) is 6.98. The van der Waals surface area contributed by atoms with E-state index in [9.17, 15) is 9.59 Å². The third kappa shape index (κ3) is 6.09. The molecule has 6 nitrogen and oxygen atoms in total. The highest BCUT2D eigenvalue weighted by Gasteiger charge is 2.13. The highest BCUT2D eigenvalue weighted by atomic mass is 16.2. The Hall–Kier alpha value is -2.81. The van der Waals surface area contributed by atoms with E-state index in [1.54, 1.807) is 0 Å². The van der Waals surface area contributed by atoms with Gasteiger partial charge in [0.25, 0.3) is 5.91 Å². The zero-order valence-corrected chi connectivity index (χ0v) is 12.7. The van der Waals surface area contributed by atoms with Crippen LogP contribution in [-0.2, 0) is 9.59 Å². The number of carbonyl (C=O) groups is 2. The van der Waals surface area contributed by atoms with Gasteiger partial charge < -0.3 is 16.0 Å². The lowest BCUT2D eigenvalue weighted by molar-refractivity contribution is -0.119. The highest BCUT2D eigenvalue weighted by Crippen LogP contribution is 2.11. The largest absolute Gasteiger partial charge is 0.388 e. The van der Waals surface area contributed by atoms with Crippen molar-refractivity contribution in [3.8, 4) is 6.07 Å². The molecule has 0 fully saturated rings. The van der Waals surface area contributed by atoms with Crippen molar-refractivity contribution in [2.75, 3.05) is 13.1 Å². The van der Waals surface area contributed by atoms with Crippen molar-refractivity contribution < 1.29 is 9.59 Å². The number of nitrogens with one attached hydrogen (secondary N) is 3. The van der Waals surface area contributed by atoms with Crippen LogP contribution in [-0.4, -0.2) is 24.9 Å². The van der Waals surface area contributed by atoms with Crippen molar-refractivity contribution in [3.05, 3.63) is 47.7 Å². The molecule has 0 saturated carbocycles. The third-order valence-corrected chi connectivity index (χ3v) is 2.90. The van der Waals surface area contributed by atoms with E-state index >= 15 is 0 Å². The van der Waals surface area contributed by atoms with Crippen LogP contribution in [0.1, 0.15) is 25.5 Å². The molecular weight excluding hydrogens is 280 g/mol.